The van der Waals surface area contributed by atoms with Gasteiger partial charge in [0.15, 0.2) is 5.13 Å². The highest BCUT2D eigenvalue weighted by Gasteiger charge is 2.18. The summed E-state index contributed by atoms with van der Waals surface area (Å²) in [6.45, 7) is 1.65. The fourth-order valence-electron chi connectivity index (χ4n) is 2.46. The summed E-state index contributed by atoms with van der Waals surface area (Å²) in [6.07, 6.45) is 0. The molecule has 1 aromatic heterocycles. The van der Waals surface area contributed by atoms with Crippen LogP contribution in [0.1, 0.15) is 26.3 Å². The Kier molecular flexibility index (Phi) is 4.95. The summed E-state index contributed by atoms with van der Waals surface area (Å²) in [4.78, 5) is 38.5. The SMILES string of the molecule is Cc1ccc(-c2csc(NC(=O)c3ccccc3C(=O)O)n2)cc1[N+](=O)[O-]. The van der Waals surface area contributed by atoms with Crippen molar-refractivity contribution in [2.24, 2.45) is 0 Å². The standard InChI is InChI=1S/C18H13N3O5S/c1-10-6-7-11(8-15(10)21(25)26)14-9-27-18(19-14)20-16(22)12-4-2-3-5-13(12)17(23)24/h2-9H,1H3,(H,23,24)(H,19,20,22). The number of aromatic nitrogens is 1. The van der Waals surface area contributed by atoms with Crippen LogP contribution in [-0.2, 0) is 0 Å². The van der Waals surface area contributed by atoms with E-state index in [2.05, 4.69) is 10.3 Å². The first-order chi connectivity index (χ1) is 12.9. The lowest BCUT2D eigenvalue weighted by molar-refractivity contribution is -0.385. The van der Waals surface area contributed by atoms with Crippen LogP contribution >= 0.6 is 11.3 Å². The van der Waals surface area contributed by atoms with E-state index in [1.165, 1.54) is 24.3 Å². The maximum absolute atomic E-state index is 12.4. The topological polar surface area (TPSA) is 122 Å². The molecule has 0 aliphatic rings. The molecule has 0 aliphatic heterocycles. The zero-order valence-electron chi connectivity index (χ0n) is 14.0. The second-order valence-corrected chi connectivity index (χ2v) is 6.46. The third-order valence-corrected chi connectivity index (χ3v) is 4.59. The number of nitro groups is 1. The lowest BCUT2D eigenvalue weighted by atomic mass is 10.1. The minimum absolute atomic E-state index is 0.0125. The normalized spacial score (nSPS) is 10.4. The van der Waals surface area contributed by atoms with Gasteiger partial charge in [-0.05, 0) is 19.1 Å². The molecule has 27 heavy (non-hydrogen) atoms. The molecule has 0 saturated heterocycles. The molecular weight excluding hydrogens is 370 g/mol. The van der Waals surface area contributed by atoms with Gasteiger partial charge >= 0.3 is 5.97 Å². The van der Waals surface area contributed by atoms with E-state index in [9.17, 15) is 24.8 Å². The van der Waals surface area contributed by atoms with Gasteiger partial charge < -0.3 is 5.11 Å². The number of amides is 1. The van der Waals surface area contributed by atoms with E-state index in [4.69, 9.17) is 0 Å². The molecular formula is C18H13N3O5S. The Hall–Kier alpha value is -3.59. The molecule has 0 bridgehead atoms. The number of carboxylic acid groups (broad SMARTS) is 1. The summed E-state index contributed by atoms with van der Waals surface area (Å²) in [5.41, 5.74) is 1.47. The number of hydrogen-bond donors (Lipinski definition) is 2. The molecule has 2 aromatic carbocycles. The van der Waals surface area contributed by atoms with Crippen LogP contribution in [-0.4, -0.2) is 26.9 Å². The summed E-state index contributed by atoms with van der Waals surface area (Å²) in [6, 6.07) is 10.6. The minimum atomic E-state index is -1.20. The Morgan fingerprint density at radius 1 is 1.19 bits per heavy atom. The van der Waals surface area contributed by atoms with Gasteiger partial charge in [-0.15, -0.1) is 11.3 Å². The second kappa shape index (κ2) is 7.34. The molecule has 0 fully saturated rings. The van der Waals surface area contributed by atoms with Gasteiger partial charge in [-0.1, -0.05) is 24.3 Å². The lowest BCUT2D eigenvalue weighted by Gasteiger charge is -2.05. The van der Waals surface area contributed by atoms with Crippen LogP contribution in [0.15, 0.2) is 47.8 Å². The molecule has 0 atom stereocenters. The van der Waals surface area contributed by atoms with E-state index in [-0.39, 0.29) is 21.9 Å². The van der Waals surface area contributed by atoms with Crippen molar-refractivity contribution in [3.8, 4) is 11.3 Å². The molecule has 0 unspecified atom stereocenters. The molecule has 3 rings (SSSR count). The highest BCUT2D eigenvalue weighted by atomic mass is 32.1. The van der Waals surface area contributed by atoms with E-state index < -0.39 is 16.8 Å². The molecule has 0 saturated carbocycles. The second-order valence-electron chi connectivity index (χ2n) is 5.60. The van der Waals surface area contributed by atoms with Gasteiger partial charge in [-0.3, -0.25) is 20.2 Å². The summed E-state index contributed by atoms with van der Waals surface area (Å²) < 4.78 is 0. The number of hydrogen-bond acceptors (Lipinski definition) is 6. The Morgan fingerprint density at radius 3 is 2.56 bits per heavy atom. The van der Waals surface area contributed by atoms with E-state index in [1.807, 2.05) is 0 Å². The number of carbonyl (C=O) groups is 2. The highest BCUT2D eigenvalue weighted by molar-refractivity contribution is 7.14. The molecule has 0 aliphatic carbocycles. The Labute approximate surface area is 157 Å². The monoisotopic (exact) mass is 383 g/mol. The fraction of sp³-hybridized carbons (Fsp3) is 0.0556. The number of aromatic carboxylic acids is 1. The Bertz CT molecular complexity index is 1060. The zero-order chi connectivity index (χ0) is 19.6. The summed E-state index contributed by atoms with van der Waals surface area (Å²) in [7, 11) is 0. The average molecular weight is 383 g/mol. The van der Waals surface area contributed by atoms with Crippen LogP contribution in [0.4, 0.5) is 10.8 Å². The van der Waals surface area contributed by atoms with Crippen LogP contribution in [0, 0.1) is 17.0 Å². The van der Waals surface area contributed by atoms with Gasteiger partial charge in [0.05, 0.1) is 21.7 Å². The number of benzene rings is 2. The summed E-state index contributed by atoms with van der Waals surface area (Å²) in [5.74, 6) is -1.80. The van der Waals surface area contributed by atoms with E-state index in [0.717, 1.165) is 11.3 Å². The number of nitrogens with one attached hydrogen (secondary N) is 1. The van der Waals surface area contributed by atoms with Crippen molar-refractivity contribution >= 4 is 34.0 Å². The molecule has 0 radical (unpaired) electrons. The smallest absolute Gasteiger partial charge is 0.336 e. The third-order valence-electron chi connectivity index (χ3n) is 3.83. The van der Waals surface area contributed by atoms with Crippen LogP contribution in [0.2, 0.25) is 0 Å². The molecule has 3 aromatic rings. The fourth-order valence-corrected chi connectivity index (χ4v) is 3.18. The molecule has 0 spiro atoms. The van der Waals surface area contributed by atoms with Gasteiger partial charge in [0.2, 0.25) is 0 Å². The number of nitrogens with zero attached hydrogens (tertiary/aromatic N) is 2. The minimum Gasteiger partial charge on any atom is -0.478 e. The third kappa shape index (κ3) is 3.82. The molecule has 136 valence electrons. The Morgan fingerprint density at radius 2 is 1.89 bits per heavy atom. The first kappa shape index (κ1) is 18.2. The van der Waals surface area contributed by atoms with Crippen LogP contribution in [0.3, 0.4) is 0 Å². The van der Waals surface area contributed by atoms with Crippen LogP contribution in [0.5, 0.6) is 0 Å². The molecule has 8 nitrogen and oxygen atoms in total. The summed E-state index contributed by atoms with van der Waals surface area (Å²) in [5, 5.41) is 24.7. The van der Waals surface area contributed by atoms with Gasteiger partial charge in [-0.25, -0.2) is 9.78 Å². The predicted octanol–water partition coefficient (Wildman–Crippen LogP) is 3.98. The highest BCUT2D eigenvalue weighted by Crippen LogP contribution is 2.29. The number of thiazole rings is 1. The van der Waals surface area contributed by atoms with Crippen molar-refractivity contribution in [2.45, 2.75) is 6.92 Å². The molecule has 1 amide bonds. The number of rotatable bonds is 5. The van der Waals surface area contributed by atoms with Crippen molar-refractivity contribution in [3.05, 3.63) is 74.6 Å². The molecule has 1 heterocycles. The average Bonchev–Trinajstić information content (AvgIpc) is 3.10. The van der Waals surface area contributed by atoms with Crippen molar-refractivity contribution < 1.29 is 19.6 Å². The van der Waals surface area contributed by atoms with Gasteiger partial charge in [0, 0.05) is 22.6 Å². The van der Waals surface area contributed by atoms with E-state index >= 15 is 0 Å². The maximum Gasteiger partial charge on any atom is 0.336 e. The summed E-state index contributed by atoms with van der Waals surface area (Å²) >= 11 is 1.14. The first-order valence-corrected chi connectivity index (χ1v) is 8.59. The van der Waals surface area contributed by atoms with Crippen LogP contribution in [0.25, 0.3) is 11.3 Å². The van der Waals surface area contributed by atoms with Crippen LogP contribution < -0.4 is 5.32 Å². The quantitative estimate of drug-likeness (QED) is 0.507. The van der Waals surface area contributed by atoms with Crippen molar-refractivity contribution in [2.75, 3.05) is 5.32 Å². The zero-order valence-corrected chi connectivity index (χ0v) is 14.8. The number of carbonyl (C=O) groups excluding carboxylic acids is 1. The van der Waals surface area contributed by atoms with E-state index in [1.54, 1.807) is 30.5 Å². The number of aryl methyl sites for hydroxylation is 1. The largest absolute Gasteiger partial charge is 0.478 e. The molecule has 2 N–H and O–H groups in total. The van der Waals surface area contributed by atoms with Crippen molar-refractivity contribution in [1.29, 1.82) is 0 Å². The molecule has 9 heteroatoms. The van der Waals surface area contributed by atoms with Gasteiger partial charge in [-0.2, -0.15) is 0 Å². The van der Waals surface area contributed by atoms with Crippen molar-refractivity contribution in [3.63, 3.8) is 0 Å². The number of nitro benzene ring substituents is 1. The first-order valence-electron chi connectivity index (χ1n) is 7.71. The van der Waals surface area contributed by atoms with Gasteiger partial charge in [0.1, 0.15) is 0 Å². The van der Waals surface area contributed by atoms with Gasteiger partial charge in [0.25, 0.3) is 11.6 Å². The maximum atomic E-state index is 12.4. The van der Waals surface area contributed by atoms with E-state index in [0.29, 0.717) is 16.8 Å². The predicted molar refractivity (Wildman–Crippen MR) is 100 cm³/mol. The lowest BCUT2D eigenvalue weighted by Crippen LogP contribution is -2.16. The number of anilines is 1. The van der Waals surface area contributed by atoms with Crippen molar-refractivity contribution in [1.82, 2.24) is 4.98 Å². The Balaban J connectivity index is 1.85. The number of carboxylic acids is 1.